The van der Waals surface area contributed by atoms with E-state index in [1.807, 2.05) is 18.2 Å². The van der Waals surface area contributed by atoms with Gasteiger partial charge in [0.1, 0.15) is 0 Å². The smallest absolute Gasteiger partial charge is 0.251 e. The van der Waals surface area contributed by atoms with Gasteiger partial charge in [-0.15, -0.1) is 0 Å². The van der Waals surface area contributed by atoms with Crippen LogP contribution in [-0.4, -0.2) is 23.2 Å². The Balaban J connectivity index is 1.96. The molecule has 0 spiro atoms. The normalized spacial score (nSPS) is 24.4. The van der Waals surface area contributed by atoms with E-state index in [9.17, 15) is 4.79 Å². The zero-order valence-electron chi connectivity index (χ0n) is 8.11. The summed E-state index contributed by atoms with van der Waals surface area (Å²) in [6.45, 7) is 0. The largest absolute Gasteiger partial charge is 0.393 e. The first-order chi connectivity index (χ1) is 7.15. The quantitative estimate of drug-likeness (QED) is 0.813. The van der Waals surface area contributed by atoms with Gasteiger partial charge < -0.3 is 10.4 Å². The first kappa shape index (κ1) is 10.9. The molecule has 0 aliphatic heterocycles. The van der Waals surface area contributed by atoms with Crippen molar-refractivity contribution in [2.45, 2.75) is 25.0 Å². The van der Waals surface area contributed by atoms with Crippen LogP contribution in [0.5, 0.6) is 0 Å². The van der Waals surface area contributed by atoms with E-state index in [0.717, 1.165) is 3.57 Å². The number of hydrogen-bond donors (Lipinski definition) is 2. The summed E-state index contributed by atoms with van der Waals surface area (Å²) in [5.41, 5.74) is 0.684. The number of benzene rings is 1. The summed E-state index contributed by atoms with van der Waals surface area (Å²) >= 11 is 2.18. The Labute approximate surface area is 102 Å². The third-order valence-electron chi connectivity index (χ3n) is 2.54. The highest BCUT2D eigenvalue weighted by atomic mass is 127. The van der Waals surface area contributed by atoms with E-state index in [4.69, 9.17) is 5.11 Å². The van der Waals surface area contributed by atoms with Crippen molar-refractivity contribution in [3.8, 4) is 0 Å². The van der Waals surface area contributed by atoms with E-state index >= 15 is 0 Å². The highest BCUT2D eigenvalue weighted by Crippen LogP contribution is 2.20. The van der Waals surface area contributed by atoms with Crippen LogP contribution < -0.4 is 5.32 Å². The van der Waals surface area contributed by atoms with Crippen LogP contribution in [0.15, 0.2) is 24.3 Å². The number of nitrogens with one attached hydrogen (secondary N) is 1. The average Bonchev–Trinajstić information content (AvgIpc) is 2.15. The lowest BCUT2D eigenvalue weighted by Crippen LogP contribution is -2.46. The first-order valence-corrected chi connectivity index (χ1v) is 5.97. The highest BCUT2D eigenvalue weighted by molar-refractivity contribution is 14.1. The van der Waals surface area contributed by atoms with E-state index in [2.05, 4.69) is 27.9 Å². The van der Waals surface area contributed by atoms with Crippen molar-refractivity contribution in [1.82, 2.24) is 5.32 Å². The molecule has 4 heteroatoms. The van der Waals surface area contributed by atoms with Crippen LogP contribution in [0.25, 0.3) is 0 Å². The second-order valence-electron chi connectivity index (χ2n) is 3.81. The molecule has 1 amide bonds. The van der Waals surface area contributed by atoms with Crippen molar-refractivity contribution in [3.05, 3.63) is 33.4 Å². The summed E-state index contributed by atoms with van der Waals surface area (Å²) in [5, 5.41) is 12.0. The topological polar surface area (TPSA) is 49.3 Å². The Hall–Kier alpha value is -0.620. The SMILES string of the molecule is O=C(NC1CC(O)C1)c1cccc(I)c1. The third kappa shape index (κ3) is 2.69. The van der Waals surface area contributed by atoms with E-state index < -0.39 is 0 Å². The molecule has 15 heavy (non-hydrogen) atoms. The van der Waals surface area contributed by atoms with Gasteiger partial charge in [0.25, 0.3) is 5.91 Å². The van der Waals surface area contributed by atoms with Gasteiger partial charge in [-0.3, -0.25) is 4.79 Å². The van der Waals surface area contributed by atoms with Crippen LogP contribution in [-0.2, 0) is 0 Å². The van der Waals surface area contributed by atoms with Crippen LogP contribution in [0.3, 0.4) is 0 Å². The summed E-state index contributed by atoms with van der Waals surface area (Å²) in [6, 6.07) is 7.61. The lowest BCUT2D eigenvalue weighted by molar-refractivity contribution is 0.0562. The van der Waals surface area contributed by atoms with Gasteiger partial charge >= 0.3 is 0 Å². The second-order valence-corrected chi connectivity index (χ2v) is 5.05. The molecule has 1 aliphatic carbocycles. The minimum Gasteiger partial charge on any atom is -0.393 e. The average molecular weight is 317 g/mol. The number of halogens is 1. The van der Waals surface area contributed by atoms with Crippen LogP contribution in [0.1, 0.15) is 23.2 Å². The number of aliphatic hydroxyl groups is 1. The zero-order chi connectivity index (χ0) is 10.8. The first-order valence-electron chi connectivity index (χ1n) is 4.89. The van der Waals surface area contributed by atoms with E-state index in [-0.39, 0.29) is 18.1 Å². The van der Waals surface area contributed by atoms with Gasteiger partial charge in [0.2, 0.25) is 0 Å². The van der Waals surface area contributed by atoms with Gasteiger partial charge in [-0.2, -0.15) is 0 Å². The number of amides is 1. The van der Waals surface area contributed by atoms with Gasteiger partial charge in [0.15, 0.2) is 0 Å². The Kier molecular flexibility index (Phi) is 3.25. The van der Waals surface area contributed by atoms with Crippen LogP contribution >= 0.6 is 22.6 Å². The summed E-state index contributed by atoms with van der Waals surface area (Å²) in [4.78, 5) is 11.7. The van der Waals surface area contributed by atoms with E-state index in [1.54, 1.807) is 6.07 Å². The molecular weight excluding hydrogens is 305 g/mol. The number of rotatable bonds is 2. The van der Waals surface area contributed by atoms with Crippen molar-refractivity contribution in [2.24, 2.45) is 0 Å². The standard InChI is InChI=1S/C11H12INO2/c12-8-3-1-2-7(4-8)11(15)13-9-5-10(14)6-9/h1-4,9-10,14H,5-6H2,(H,13,15). The Morgan fingerprint density at radius 1 is 1.47 bits per heavy atom. The van der Waals surface area contributed by atoms with Crippen molar-refractivity contribution in [3.63, 3.8) is 0 Å². The Morgan fingerprint density at radius 2 is 2.20 bits per heavy atom. The lowest BCUT2D eigenvalue weighted by Gasteiger charge is -2.31. The molecule has 0 bridgehead atoms. The van der Waals surface area contributed by atoms with Gasteiger partial charge in [0.05, 0.1) is 6.10 Å². The lowest BCUT2D eigenvalue weighted by atomic mass is 9.89. The fourth-order valence-corrected chi connectivity index (χ4v) is 2.15. The van der Waals surface area contributed by atoms with Crippen LogP contribution in [0.2, 0.25) is 0 Å². The van der Waals surface area contributed by atoms with Gasteiger partial charge in [-0.1, -0.05) is 6.07 Å². The molecule has 1 aromatic rings. The maximum absolute atomic E-state index is 11.7. The number of carbonyl (C=O) groups excluding carboxylic acids is 1. The molecule has 0 heterocycles. The van der Waals surface area contributed by atoms with Crippen molar-refractivity contribution >= 4 is 28.5 Å². The predicted molar refractivity (Wildman–Crippen MR) is 65.7 cm³/mol. The molecule has 0 unspecified atom stereocenters. The second kappa shape index (κ2) is 4.49. The molecule has 0 radical (unpaired) electrons. The molecule has 3 nitrogen and oxygen atoms in total. The van der Waals surface area contributed by atoms with Crippen LogP contribution in [0.4, 0.5) is 0 Å². The number of aliphatic hydroxyl groups excluding tert-OH is 1. The summed E-state index contributed by atoms with van der Waals surface area (Å²) in [7, 11) is 0. The molecule has 80 valence electrons. The van der Waals surface area contributed by atoms with Gasteiger partial charge in [-0.05, 0) is 53.6 Å². The predicted octanol–water partition coefficient (Wildman–Crippen LogP) is 1.54. The number of carbonyl (C=O) groups is 1. The molecule has 1 aromatic carbocycles. The highest BCUT2D eigenvalue weighted by Gasteiger charge is 2.28. The number of hydrogen-bond acceptors (Lipinski definition) is 2. The zero-order valence-corrected chi connectivity index (χ0v) is 10.3. The fraction of sp³-hybridized carbons (Fsp3) is 0.364. The fourth-order valence-electron chi connectivity index (χ4n) is 1.60. The van der Waals surface area contributed by atoms with E-state index in [1.165, 1.54) is 0 Å². The molecule has 1 aliphatic rings. The summed E-state index contributed by atoms with van der Waals surface area (Å²) < 4.78 is 1.05. The minimum atomic E-state index is -0.230. The molecule has 0 aromatic heterocycles. The molecule has 2 rings (SSSR count). The molecular formula is C11H12INO2. The Morgan fingerprint density at radius 3 is 2.80 bits per heavy atom. The Bertz CT molecular complexity index is 375. The van der Waals surface area contributed by atoms with Crippen molar-refractivity contribution in [1.29, 1.82) is 0 Å². The minimum absolute atomic E-state index is 0.0505. The monoisotopic (exact) mass is 317 g/mol. The maximum Gasteiger partial charge on any atom is 0.251 e. The van der Waals surface area contributed by atoms with Crippen LogP contribution in [0, 0.1) is 3.57 Å². The maximum atomic E-state index is 11.7. The molecule has 1 fully saturated rings. The molecule has 2 N–H and O–H groups in total. The summed E-state index contributed by atoms with van der Waals surface area (Å²) in [5.74, 6) is -0.0505. The molecule has 0 saturated heterocycles. The van der Waals surface area contributed by atoms with Crippen molar-refractivity contribution < 1.29 is 9.90 Å². The molecule has 1 saturated carbocycles. The van der Waals surface area contributed by atoms with E-state index in [0.29, 0.717) is 18.4 Å². The molecule has 0 atom stereocenters. The van der Waals surface area contributed by atoms with Gasteiger partial charge in [-0.25, -0.2) is 0 Å². The summed E-state index contributed by atoms with van der Waals surface area (Å²) in [6.07, 6.45) is 1.12. The van der Waals surface area contributed by atoms with Crippen molar-refractivity contribution in [2.75, 3.05) is 0 Å². The third-order valence-corrected chi connectivity index (χ3v) is 3.21. The van der Waals surface area contributed by atoms with Gasteiger partial charge in [0, 0.05) is 15.2 Å².